The van der Waals surface area contributed by atoms with Gasteiger partial charge in [-0.3, -0.25) is 0 Å². The summed E-state index contributed by atoms with van der Waals surface area (Å²) in [6, 6.07) is 0. The van der Waals surface area contributed by atoms with Crippen LogP contribution in [0, 0.1) is 13.8 Å². The van der Waals surface area contributed by atoms with Crippen LogP contribution in [0.15, 0.2) is 5.38 Å². The van der Waals surface area contributed by atoms with E-state index in [2.05, 4.69) is 19.2 Å². The van der Waals surface area contributed by atoms with Crippen LogP contribution in [0.2, 0.25) is 0 Å². The topological polar surface area (TPSA) is 0 Å². The van der Waals surface area contributed by atoms with Gasteiger partial charge in [-0.1, -0.05) is 13.8 Å². The molecule has 0 fully saturated rings. The molecule has 0 spiro atoms. The second-order valence-corrected chi connectivity index (χ2v) is 4.47. The molecular weight excluding hydrogens is 151 g/mol. The Morgan fingerprint density at radius 1 is 1.36 bits per heavy atom. The van der Waals surface area contributed by atoms with Crippen molar-refractivity contribution in [3.05, 3.63) is 21.4 Å². The predicted molar refractivity (Wildman–Crippen MR) is 52.6 cm³/mol. The van der Waals surface area contributed by atoms with Crippen molar-refractivity contribution in [2.75, 3.05) is 0 Å². The minimum atomic E-state index is -0.178. The van der Waals surface area contributed by atoms with Gasteiger partial charge >= 0.3 is 0 Å². The molecule has 0 saturated heterocycles. The molecule has 11 heavy (non-hydrogen) atoms. The molecule has 1 rings (SSSR count). The predicted octanol–water partition coefficient (Wildman–Crippen LogP) is 2.77. The summed E-state index contributed by atoms with van der Waals surface area (Å²) in [5.41, 5.74) is 2.70. The van der Waals surface area contributed by atoms with Crippen LogP contribution >= 0.6 is 11.3 Å². The smallest absolute Gasteiger partial charge is 0.0814 e. The van der Waals surface area contributed by atoms with Crippen molar-refractivity contribution in [1.82, 2.24) is 0 Å². The number of rotatable bonds is 1. The van der Waals surface area contributed by atoms with Crippen molar-refractivity contribution in [2.24, 2.45) is 0 Å². The molecule has 0 bridgehead atoms. The second kappa shape index (κ2) is 2.67. The summed E-state index contributed by atoms with van der Waals surface area (Å²) in [4.78, 5) is 1.30. The maximum atomic E-state index is 5.98. The van der Waals surface area contributed by atoms with Crippen molar-refractivity contribution < 1.29 is 0 Å². The first-order valence-electron chi connectivity index (χ1n) is 3.77. The summed E-state index contributed by atoms with van der Waals surface area (Å²) in [7, 11) is 5.98. The van der Waals surface area contributed by atoms with Crippen molar-refractivity contribution in [1.29, 1.82) is 0 Å². The second-order valence-electron chi connectivity index (χ2n) is 3.59. The van der Waals surface area contributed by atoms with E-state index in [1.165, 1.54) is 16.0 Å². The van der Waals surface area contributed by atoms with Gasteiger partial charge in [0.15, 0.2) is 0 Å². The molecule has 2 heteroatoms. The van der Waals surface area contributed by atoms with Gasteiger partial charge in [0, 0.05) is 4.88 Å². The van der Waals surface area contributed by atoms with E-state index in [-0.39, 0.29) is 5.31 Å². The first-order chi connectivity index (χ1) is 4.93. The minimum Gasteiger partial charge on any atom is -0.149 e. The third-order valence-electron chi connectivity index (χ3n) is 1.87. The average molecular weight is 164 g/mol. The van der Waals surface area contributed by atoms with Gasteiger partial charge in [0.25, 0.3) is 0 Å². The molecule has 2 radical (unpaired) electrons. The summed E-state index contributed by atoms with van der Waals surface area (Å²) >= 11 is 1.76. The summed E-state index contributed by atoms with van der Waals surface area (Å²) < 4.78 is 0. The fourth-order valence-electron chi connectivity index (χ4n) is 1.14. The molecule has 0 aliphatic heterocycles. The third kappa shape index (κ3) is 1.67. The largest absolute Gasteiger partial charge is 0.149 e. The zero-order valence-corrected chi connectivity index (χ0v) is 8.38. The quantitative estimate of drug-likeness (QED) is 0.560. The Bertz CT molecular complexity index is 255. The van der Waals surface area contributed by atoms with Gasteiger partial charge in [0.2, 0.25) is 0 Å². The summed E-state index contributed by atoms with van der Waals surface area (Å²) in [5, 5.41) is 1.99. The lowest BCUT2D eigenvalue weighted by Crippen LogP contribution is -2.15. The molecule has 0 aliphatic rings. The van der Waals surface area contributed by atoms with Gasteiger partial charge in [-0.25, -0.2) is 0 Å². The van der Waals surface area contributed by atoms with E-state index in [1.807, 2.05) is 13.8 Å². The zero-order chi connectivity index (χ0) is 8.65. The average Bonchev–Trinajstić information content (AvgIpc) is 2.11. The SMILES string of the molecule is [B]C(C)(C)c1scc(C)c1C. The minimum absolute atomic E-state index is 0.178. The maximum Gasteiger partial charge on any atom is 0.0814 e. The van der Waals surface area contributed by atoms with Crippen LogP contribution in [0.4, 0.5) is 0 Å². The van der Waals surface area contributed by atoms with Crippen LogP contribution in [0.25, 0.3) is 0 Å². The lowest BCUT2D eigenvalue weighted by molar-refractivity contribution is 0.776. The molecule has 0 N–H and O–H groups in total. The molecule has 1 heterocycles. The Labute approximate surface area is 74.0 Å². The van der Waals surface area contributed by atoms with Crippen LogP contribution in [0.5, 0.6) is 0 Å². The van der Waals surface area contributed by atoms with Gasteiger partial charge in [0.1, 0.15) is 0 Å². The molecule has 0 amide bonds. The van der Waals surface area contributed by atoms with Crippen molar-refractivity contribution >= 4 is 19.2 Å². The Hall–Kier alpha value is -0.235. The monoisotopic (exact) mass is 164 g/mol. The first-order valence-corrected chi connectivity index (χ1v) is 4.65. The maximum absolute atomic E-state index is 5.98. The van der Waals surface area contributed by atoms with Crippen molar-refractivity contribution in [2.45, 2.75) is 33.0 Å². The lowest BCUT2D eigenvalue weighted by atomic mass is 9.70. The Morgan fingerprint density at radius 2 is 1.91 bits per heavy atom. The summed E-state index contributed by atoms with van der Waals surface area (Å²) in [5.74, 6) is 0. The molecule has 0 aromatic carbocycles. The van der Waals surface area contributed by atoms with E-state index in [0.717, 1.165) is 0 Å². The zero-order valence-electron chi connectivity index (χ0n) is 7.56. The van der Waals surface area contributed by atoms with E-state index in [0.29, 0.717) is 0 Å². The van der Waals surface area contributed by atoms with Crippen LogP contribution in [0.1, 0.15) is 29.9 Å². The molecule has 58 valence electrons. The number of thiophene rings is 1. The number of hydrogen-bond donors (Lipinski definition) is 0. The van der Waals surface area contributed by atoms with E-state index in [4.69, 9.17) is 7.85 Å². The molecule has 1 aromatic rings. The summed E-state index contributed by atoms with van der Waals surface area (Å²) in [6.45, 7) is 8.35. The van der Waals surface area contributed by atoms with E-state index in [1.54, 1.807) is 11.3 Å². The highest BCUT2D eigenvalue weighted by molar-refractivity contribution is 7.10. The van der Waals surface area contributed by atoms with Gasteiger partial charge < -0.3 is 0 Å². The van der Waals surface area contributed by atoms with Crippen molar-refractivity contribution in [3.63, 3.8) is 0 Å². The van der Waals surface area contributed by atoms with Gasteiger partial charge in [0.05, 0.1) is 7.85 Å². The highest BCUT2D eigenvalue weighted by atomic mass is 32.1. The Kier molecular flexibility index (Phi) is 2.15. The third-order valence-corrected chi connectivity index (χ3v) is 3.41. The van der Waals surface area contributed by atoms with Crippen molar-refractivity contribution in [3.8, 4) is 0 Å². The van der Waals surface area contributed by atoms with E-state index in [9.17, 15) is 0 Å². The number of hydrogen-bond acceptors (Lipinski definition) is 1. The molecular formula is C9H13BS. The van der Waals surface area contributed by atoms with Crippen LogP contribution in [-0.4, -0.2) is 7.85 Å². The normalized spacial score (nSPS) is 12.0. The van der Waals surface area contributed by atoms with E-state index < -0.39 is 0 Å². The van der Waals surface area contributed by atoms with Crippen LogP contribution in [-0.2, 0) is 5.31 Å². The first kappa shape index (κ1) is 8.86. The molecule has 0 aliphatic carbocycles. The molecule has 0 saturated carbocycles. The van der Waals surface area contributed by atoms with Crippen LogP contribution < -0.4 is 0 Å². The summed E-state index contributed by atoms with van der Waals surface area (Å²) in [6.07, 6.45) is 0. The molecule has 0 atom stereocenters. The molecule has 0 unspecified atom stereocenters. The standard InChI is InChI=1S/C9H13BS/c1-6-5-11-8(7(6)2)9(3,4)10/h5H,1-4H3. The Balaban J connectivity index is 3.15. The fraction of sp³-hybridized carbons (Fsp3) is 0.556. The lowest BCUT2D eigenvalue weighted by Gasteiger charge is -2.18. The highest BCUT2D eigenvalue weighted by Gasteiger charge is 2.17. The van der Waals surface area contributed by atoms with Gasteiger partial charge in [-0.2, -0.15) is 0 Å². The highest BCUT2D eigenvalue weighted by Crippen LogP contribution is 2.30. The van der Waals surface area contributed by atoms with Gasteiger partial charge in [-0.15, -0.1) is 11.3 Å². The molecule has 1 aromatic heterocycles. The fourth-order valence-corrected chi connectivity index (χ4v) is 2.25. The molecule has 0 nitrogen and oxygen atoms in total. The van der Waals surface area contributed by atoms with E-state index >= 15 is 0 Å². The van der Waals surface area contributed by atoms with Gasteiger partial charge in [-0.05, 0) is 35.7 Å². The van der Waals surface area contributed by atoms with Crippen LogP contribution in [0.3, 0.4) is 0 Å². The Morgan fingerprint density at radius 3 is 2.09 bits per heavy atom. The number of aryl methyl sites for hydroxylation is 1.